The van der Waals surface area contributed by atoms with E-state index in [2.05, 4.69) is 37.1 Å². The molecule has 0 bridgehead atoms. The molecule has 18 heavy (non-hydrogen) atoms. The summed E-state index contributed by atoms with van der Waals surface area (Å²) in [4.78, 5) is 2.06. The van der Waals surface area contributed by atoms with Crippen LogP contribution in [-0.4, -0.2) is 20.1 Å². The zero-order valence-electron chi connectivity index (χ0n) is 12.1. The first-order chi connectivity index (χ1) is 8.41. The lowest BCUT2D eigenvalue weighted by Gasteiger charge is -2.23. The highest BCUT2D eigenvalue weighted by Crippen LogP contribution is 2.33. The molecule has 0 fully saturated rings. The highest BCUT2D eigenvalue weighted by atomic mass is 35.5. The van der Waals surface area contributed by atoms with Gasteiger partial charge in [0, 0.05) is 20.1 Å². The lowest BCUT2D eigenvalue weighted by molar-refractivity contribution is 0.528. The van der Waals surface area contributed by atoms with Crippen LogP contribution in [0, 0.1) is 5.92 Å². The van der Waals surface area contributed by atoms with Crippen LogP contribution in [0.4, 0.5) is 11.4 Å². The summed E-state index contributed by atoms with van der Waals surface area (Å²) in [5.74, 6) is 0.752. The molecule has 1 aromatic rings. The quantitative estimate of drug-likeness (QED) is 0.808. The topological polar surface area (TPSA) is 15.3 Å². The van der Waals surface area contributed by atoms with Crippen molar-refractivity contribution >= 4 is 23.0 Å². The van der Waals surface area contributed by atoms with Crippen LogP contribution in [0.5, 0.6) is 0 Å². The van der Waals surface area contributed by atoms with E-state index in [4.69, 9.17) is 11.6 Å². The van der Waals surface area contributed by atoms with E-state index in [1.54, 1.807) is 0 Å². The third-order valence-corrected chi connectivity index (χ3v) is 3.32. The van der Waals surface area contributed by atoms with E-state index in [9.17, 15) is 0 Å². The van der Waals surface area contributed by atoms with Crippen molar-refractivity contribution in [2.45, 2.75) is 39.7 Å². The number of anilines is 2. The van der Waals surface area contributed by atoms with Gasteiger partial charge in [0.1, 0.15) is 0 Å². The molecule has 1 unspecified atom stereocenters. The van der Waals surface area contributed by atoms with Crippen LogP contribution in [0.1, 0.15) is 33.6 Å². The first-order valence-electron chi connectivity index (χ1n) is 6.64. The molecule has 0 radical (unpaired) electrons. The molecule has 0 amide bonds. The Morgan fingerprint density at radius 3 is 2.39 bits per heavy atom. The van der Waals surface area contributed by atoms with E-state index in [1.165, 1.54) is 12.8 Å². The van der Waals surface area contributed by atoms with Gasteiger partial charge >= 0.3 is 0 Å². The summed E-state index contributed by atoms with van der Waals surface area (Å²) in [5.41, 5.74) is 2.18. The first kappa shape index (κ1) is 15.2. The second-order valence-electron chi connectivity index (χ2n) is 5.55. The number of halogens is 1. The van der Waals surface area contributed by atoms with Crippen molar-refractivity contribution in [2.75, 3.05) is 24.3 Å². The summed E-state index contributed by atoms with van der Waals surface area (Å²) in [6.45, 7) is 6.75. The summed E-state index contributed by atoms with van der Waals surface area (Å²) < 4.78 is 0. The number of rotatable bonds is 6. The van der Waals surface area contributed by atoms with Gasteiger partial charge in [-0.3, -0.25) is 0 Å². The average molecular weight is 269 g/mol. The van der Waals surface area contributed by atoms with Crippen molar-refractivity contribution in [1.82, 2.24) is 0 Å². The van der Waals surface area contributed by atoms with Gasteiger partial charge in [0.05, 0.1) is 16.4 Å². The molecule has 1 atom stereocenters. The average Bonchev–Trinajstić information content (AvgIpc) is 2.26. The standard InChI is InChI=1S/C15H25ClN2/c1-11(2)9-10-12(3)17-14-8-6-7-13(16)15(14)18(4)5/h6-8,11-12,17H,9-10H2,1-5H3. The number of hydrogen-bond acceptors (Lipinski definition) is 2. The molecular formula is C15H25ClN2. The number of nitrogens with zero attached hydrogens (tertiary/aromatic N) is 1. The maximum atomic E-state index is 6.25. The molecule has 1 aromatic carbocycles. The Hall–Kier alpha value is -0.890. The Morgan fingerprint density at radius 2 is 1.83 bits per heavy atom. The van der Waals surface area contributed by atoms with Crippen LogP contribution in [0.25, 0.3) is 0 Å². The molecule has 102 valence electrons. The van der Waals surface area contributed by atoms with Crippen molar-refractivity contribution in [3.05, 3.63) is 23.2 Å². The van der Waals surface area contributed by atoms with Gasteiger partial charge in [0.2, 0.25) is 0 Å². The fraction of sp³-hybridized carbons (Fsp3) is 0.600. The van der Waals surface area contributed by atoms with Crippen molar-refractivity contribution in [1.29, 1.82) is 0 Å². The van der Waals surface area contributed by atoms with Gasteiger partial charge in [0.15, 0.2) is 0 Å². The Morgan fingerprint density at radius 1 is 1.17 bits per heavy atom. The van der Waals surface area contributed by atoms with E-state index in [-0.39, 0.29) is 0 Å². The first-order valence-corrected chi connectivity index (χ1v) is 7.02. The predicted molar refractivity (Wildman–Crippen MR) is 82.9 cm³/mol. The molecule has 0 saturated carbocycles. The molecule has 0 aliphatic heterocycles. The fourth-order valence-corrected chi connectivity index (χ4v) is 2.35. The summed E-state index contributed by atoms with van der Waals surface area (Å²) in [5, 5.41) is 4.35. The zero-order valence-corrected chi connectivity index (χ0v) is 12.9. The van der Waals surface area contributed by atoms with E-state index >= 15 is 0 Å². The van der Waals surface area contributed by atoms with Gasteiger partial charge in [-0.05, 0) is 37.8 Å². The predicted octanol–water partition coefficient (Wildman–Crippen LogP) is 4.64. The van der Waals surface area contributed by atoms with Gasteiger partial charge < -0.3 is 10.2 Å². The van der Waals surface area contributed by atoms with Crippen LogP contribution in [0.15, 0.2) is 18.2 Å². The summed E-state index contributed by atoms with van der Waals surface area (Å²) >= 11 is 6.25. The minimum atomic E-state index is 0.463. The van der Waals surface area contributed by atoms with Crippen LogP contribution in [-0.2, 0) is 0 Å². The Kier molecular flexibility index (Phi) is 5.80. The van der Waals surface area contributed by atoms with Crippen molar-refractivity contribution in [3.8, 4) is 0 Å². The van der Waals surface area contributed by atoms with E-state index < -0.39 is 0 Å². The van der Waals surface area contributed by atoms with Crippen molar-refractivity contribution in [3.63, 3.8) is 0 Å². The summed E-state index contributed by atoms with van der Waals surface area (Å²) in [6, 6.07) is 6.48. The molecule has 0 aliphatic carbocycles. The zero-order chi connectivity index (χ0) is 13.7. The molecule has 0 saturated heterocycles. The normalized spacial score (nSPS) is 12.6. The fourth-order valence-electron chi connectivity index (χ4n) is 2.01. The maximum Gasteiger partial charge on any atom is 0.0786 e. The molecule has 1 N–H and O–H groups in total. The minimum absolute atomic E-state index is 0.463. The molecule has 1 rings (SSSR count). The molecule has 0 aromatic heterocycles. The van der Waals surface area contributed by atoms with Crippen LogP contribution >= 0.6 is 11.6 Å². The third-order valence-electron chi connectivity index (χ3n) is 3.01. The van der Waals surface area contributed by atoms with Crippen molar-refractivity contribution in [2.24, 2.45) is 5.92 Å². The molecule has 0 spiro atoms. The second kappa shape index (κ2) is 6.89. The Bertz CT molecular complexity index is 375. The lowest BCUT2D eigenvalue weighted by atomic mass is 10.0. The second-order valence-corrected chi connectivity index (χ2v) is 5.95. The number of hydrogen-bond donors (Lipinski definition) is 1. The van der Waals surface area contributed by atoms with Gasteiger partial charge in [-0.25, -0.2) is 0 Å². The van der Waals surface area contributed by atoms with Gasteiger partial charge in [-0.15, -0.1) is 0 Å². The van der Waals surface area contributed by atoms with Crippen LogP contribution in [0.2, 0.25) is 5.02 Å². The molecule has 0 heterocycles. The highest BCUT2D eigenvalue weighted by Gasteiger charge is 2.11. The number of para-hydroxylation sites is 1. The van der Waals surface area contributed by atoms with Gasteiger partial charge in [-0.1, -0.05) is 31.5 Å². The van der Waals surface area contributed by atoms with Crippen LogP contribution < -0.4 is 10.2 Å². The van der Waals surface area contributed by atoms with Crippen molar-refractivity contribution < 1.29 is 0 Å². The van der Waals surface area contributed by atoms with E-state index in [0.717, 1.165) is 22.3 Å². The smallest absolute Gasteiger partial charge is 0.0786 e. The summed E-state index contributed by atoms with van der Waals surface area (Å²) in [6.07, 6.45) is 2.42. The highest BCUT2D eigenvalue weighted by molar-refractivity contribution is 6.34. The lowest BCUT2D eigenvalue weighted by Crippen LogP contribution is -2.19. The molecule has 3 heteroatoms. The van der Waals surface area contributed by atoms with Crippen LogP contribution in [0.3, 0.4) is 0 Å². The van der Waals surface area contributed by atoms with Gasteiger partial charge in [0.25, 0.3) is 0 Å². The molecular weight excluding hydrogens is 244 g/mol. The monoisotopic (exact) mass is 268 g/mol. The third kappa shape index (κ3) is 4.41. The number of nitrogens with one attached hydrogen (secondary N) is 1. The van der Waals surface area contributed by atoms with E-state index in [1.807, 2.05) is 26.2 Å². The SMILES string of the molecule is CC(C)CCC(C)Nc1cccc(Cl)c1N(C)C. The van der Waals surface area contributed by atoms with E-state index in [0.29, 0.717) is 6.04 Å². The largest absolute Gasteiger partial charge is 0.381 e. The minimum Gasteiger partial charge on any atom is -0.381 e. The summed E-state index contributed by atoms with van der Waals surface area (Å²) in [7, 11) is 4.04. The molecule has 0 aliphatic rings. The Balaban J connectivity index is 2.75. The Labute approximate surface area is 116 Å². The maximum absolute atomic E-state index is 6.25. The number of benzene rings is 1. The van der Waals surface area contributed by atoms with Gasteiger partial charge in [-0.2, -0.15) is 0 Å². The molecule has 2 nitrogen and oxygen atoms in total.